The third kappa shape index (κ3) is 4.97. The van der Waals surface area contributed by atoms with Gasteiger partial charge >= 0.3 is 0 Å². The van der Waals surface area contributed by atoms with Crippen LogP contribution >= 0.6 is 0 Å². The molecule has 4 heterocycles. The van der Waals surface area contributed by atoms with Crippen LogP contribution in [0.15, 0.2) is 36.9 Å². The molecule has 4 aromatic heterocycles. The van der Waals surface area contributed by atoms with Gasteiger partial charge in [0, 0.05) is 23.7 Å². The van der Waals surface area contributed by atoms with E-state index in [1.165, 1.54) is 6.20 Å². The number of halogens is 1. The number of hydrogen-bond acceptors (Lipinski definition) is 8. The topological polar surface area (TPSA) is 130 Å². The van der Waals surface area contributed by atoms with E-state index in [0.717, 1.165) is 23.2 Å². The van der Waals surface area contributed by atoms with Crippen LogP contribution in [-0.2, 0) is 6.42 Å². The summed E-state index contributed by atoms with van der Waals surface area (Å²) in [5, 5.41) is 36.3. The van der Waals surface area contributed by atoms with E-state index < -0.39 is 11.8 Å². The maximum Gasteiger partial charge on any atom is 0.164 e. The number of aromatic nitrogens is 7. The highest BCUT2D eigenvalue weighted by Crippen LogP contribution is 2.29. The van der Waals surface area contributed by atoms with Crippen molar-refractivity contribution in [1.29, 1.82) is 5.26 Å². The van der Waals surface area contributed by atoms with E-state index in [9.17, 15) is 9.50 Å². The Morgan fingerprint density at radius 2 is 2.09 bits per heavy atom. The summed E-state index contributed by atoms with van der Waals surface area (Å²) in [5.74, 6) is 0.528. The molecule has 0 bridgehead atoms. The average molecular weight is 476 g/mol. The summed E-state index contributed by atoms with van der Waals surface area (Å²) >= 11 is 0. The molecule has 1 fully saturated rings. The minimum absolute atomic E-state index is 0.0112. The number of nitrogens with one attached hydrogen (secondary N) is 1. The number of aliphatic hydroxyl groups is 1. The summed E-state index contributed by atoms with van der Waals surface area (Å²) in [4.78, 5) is 8.96. The Morgan fingerprint density at radius 3 is 2.83 bits per heavy atom. The summed E-state index contributed by atoms with van der Waals surface area (Å²) in [6.45, 7) is 3.52. The second-order valence-corrected chi connectivity index (χ2v) is 9.58. The molecular formula is C24H26FN9O. The van der Waals surface area contributed by atoms with Crippen LogP contribution in [0.5, 0.6) is 0 Å². The molecule has 2 N–H and O–H groups in total. The summed E-state index contributed by atoms with van der Waals surface area (Å²) in [6.07, 6.45) is 8.65. The number of nitriles is 1. The summed E-state index contributed by atoms with van der Waals surface area (Å²) in [7, 11) is 0. The van der Waals surface area contributed by atoms with Crippen molar-refractivity contribution in [3.63, 3.8) is 0 Å². The summed E-state index contributed by atoms with van der Waals surface area (Å²) in [6, 6.07) is 5.63. The number of hydrogen-bond donors (Lipinski definition) is 2. The lowest BCUT2D eigenvalue weighted by atomic mass is 10.0. The normalized spacial score (nSPS) is 18.1. The molecule has 0 aliphatic heterocycles. The molecule has 2 atom stereocenters. The Bertz CT molecular complexity index is 1400. The standard InChI is InChI=1S/C24H26FN9O/c1-24(2,35)6-5-19-14-33(32-31-19)21-13-27-22(9-20(21)30-18-4-3-17(25)8-18)34-23-16(12-29-34)7-15(10-26)11-28-23/h7,9,11-14,17-18,35H,3-6,8H2,1-2H3,(H,27,30)/t17-,18-/m0/s1. The Labute approximate surface area is 201 Å². The third-order valence-corrected chi connectivity index (χ3v) is 6.13. The molecule has 1 saturated carbocycles. The molecule has 0 aromatic carbocycles. The van der Waals surface area contributed by atoms with Crippen molar-refractivity contribution >= 4 is 16.7 Å². The van der Waals surface area contributed by atoms with Crippen LogP contribution in [0.4, 0.5) is 10.1 Å². The van der Waals surface area contributed by atoms with E-state index in [2.05, 4.69) is 36.8 Å². The lowest BCUT2D eigenvalue weighted by Crippen LogP contribution is -2.19. The quantitative estimate of drug-likeness (QED) is 0.416. The number of nitrogens with zero attached hydrogens (tertiary/aromatic N) is 8. The maximum absolute atomic E-state index is 13.9. The Morgan fingerprint density at radius 1 is 1.23 bits per heavy atom. The molecule has 5 rings (SSSR count). The van der Waals surface area contributed by atoms with Crippen LogP contribution in [0.25, 0.3) is 22.5 Å². The molecule has 1 aliphatic carbocycles. The molecule has 10 nitrogen and oxygen atoms in total. The number of anilines is 1. The number of aryl methyl sites for hydroxylation is 1. The first-order chi connectivity index (χ1) is 16.8. The minimum atomic E-state index is -0.814. The van der Waals surface area contributed by atoms with Crippen molar-refractivity contribution in [3.05, 3.63) is 48.2 Å². The zero-order valence-electron chi connectivity index (χ0n) is 19.6. The van der Waals surface area contributed by atoms with Crippen LogP contribution in [0.2, 0.25) is 0 Å². The van der Waals surface area contributed by atoms with Crippen molar-refractivity contribution in [2.75, 3.05) is 5.32 Å². The molecule has 0 saturated heterocycles. The zero-order chi connectivity index (χ0) is 24.6. The van der Waals surface area contributed by atoms with E-state index in [0.29, 0.717) is 48.4 Å². The number of pyridine rings is 2. The largest absolute Gasteiger partial charge is 0.390 e. The van der Waals surface area contributed by atoms with Crippen LogP contribution < -0.4 is 5.32 Å². The van der Waals surface area contributed by atoms with Gasteiger partial charge in [0.1, 0.15) is 17.9 Å². The van der Waals surface area contributed by atoms with Crippen molar-refractivity contribution in [2.45, 2.75) is 63.8 Å². The molecule has 0 unspecified atom stereocenters. The highest BCUT2D eigenvalue weighted by Gasteiger charge is 2.25. The lowest BCUT2D eigenvalue weighted by molar-refractivity contribution is 0.0711. The minimum Gasteiger partial charge on any atom is -0.390 e. The van der Waals surface area contributed by atoms with E-state index in [1.807, 2.05) is 12.3 Å². The molecule has 180 valence electrons. The molecule has 35 heavy (non-hydrogen) atoms. The second kappa shape index (κ2) is 9.03. The number of alkyl halides is 1. The maximum atomic E-state index is 13.9. The van der Waals surface area contributed by atoms with Crippen molar-refractivity contribution in [2.24, 2.45) is 0 Å². The molecule has 0 amide bonds. The van der Waals surface area contributed by atoms with Gasteiger partial charge in [0.25, 0.3) is 0 Å². The van der Waals surface area contributed by atoms with Crippen molar-refractivity contribution < 1.29 is 9.50 Å². The lowest BCUT2D eigenvalue weighted by Gasteiger charge is -2.18. The molecule has 11 heteroatoms. The highest BCUT2D eigenvalue weighted by atomic mass is 19.1. The smallest absolute Gasteiger partial charge is 0.164 e. The van der Waals surface area contributed by atoms with Crippen molar-refractivity contribution in [1.82, 2.24) is 34.7 Å². The SMILES string of the molecule is CC(C)(O)CCc1cn(-c2cnc(-n3ncc4cc(C#N)cnc43)cc2N[C@H]2CC[C@H](F)C2)nn1. The average Bonchev–Trinajstić information content (AvgIpc) is 3.56. The fourth-order valence-electron chi connectivity index (χ4n) is 4.24. The molecule has 0 spiro atoms. The van der Waals surface area contributed by atoms with E-state index in [-0.39, 0.29) is 6.04 Å². The van der Waals surface area contributed by atoms with E-state index in [1.54, 1.807) is 41.7 Å². The first kappa shape index (κ1) is 22.9. The highest BCUT2D eigenvalue weighted by molar-refractivity contribution is 5.77. The van der Waals surface area contributed by atoms with Crippen LogP contribution in [0.1, 0.15) is 50.8 Å². The fourth-order valence-corrected chi connectivity index (χ4v) is 4.24. The van der Waals surface area contributed by atoms with Crippen LogP contribution in [-0.4, -0.2) is 57.7 Å². The first-order valence-electron chi connectivity index (χ1n) is 11.6. The van der Waals surface area contributed by atoms with E-state index in [4.69, 9.17) is 5.26 Å². The third-order valence-electron chi connectivity index (χ3n) is 6.13. The fraction of sp³-hybridized carbons (Fsp3) is 0.417. The Kier molecular flexibility index (Phi) is 5.90. The number of rotatable bonds is 7. The van der Waals surface area contributed by atoms with Gasteiger partial charge in [-0.2, -0.15) is 15.0 Å². The molecule has 4 aromatic rings. The van der Waals surface area contributed by atoms with Crippen LogP contribution in [0.3, 0.4) is 0 Å². The van der Waals surface area contributed by atoms with Gasteiger partial charge in [-0.3, -0.25) is 0 Å². The zero-order valence-corrected chi connectivity index (χ0v) is 19.6. The van der Waals surface area contributed by atoms with Gasteiger partial charge in [-0.15, -0.1) is 5.10 Å². The van der Waals surface area contributed by atoms with Gasteiger partial charge in [-0.05, 0) is 52.0 Å². The molecule has 1 aliphatic rings. The van der Waals surface area contributed by atoms with Crippen LogP contribution in [0, 0.1) is 11.3 Å². The van der Waals surface area contributed by atoms with Gasteiger partial charge in [-0.25, -0.2) is 19.0 Å². The predicted molar refractivity (Wildman–Crippen MR) is 127 cm³/mol. The first-order valence-corrected chi connectivity index (χ1v) is 11.6. The van der Waals surface area contributed by atoms with Gasteiger partial charge in [0.05, 0.1) is 41.1 Å². The number of fused-ring (bicyclic) bond motifs is 1. The Hall–Kier alpha value is -3.91. The predicted octanol–water partition coefficient (Wildman–Crippen LogP) is 3.27. The van der Waals surface area contributed by atoms with Gasteiger partial charge in [0.2, 0.25) is 0 Å². The van der Waals surface area contributed by atoms with E-state index >= 15 is 0 Å². The Balaban J connectivity index is 1.51. The van der Waals surface area contributed by atoms with Crippen molar-refractivity contribution in [3.8, 4) is 17.6 Å². The second-order valence-electron chi connectivity index (χ2n) is 9.58. The molecular weight excluding hydrogens is 449 g/mol. The molecule has 0 radical (unpaired) electrons. The summed E-state index contributed by atoms with van der Waals surface area (Å²) in [5.41, 5.74) is 2.40. The van der Waals surface area contributed by atoms with Gasteiger partial charge in [-0.1, -0.05) is 5.21 Å². The summed E-state index contributed by atoms with van der Waals surface area (Å²) < 4.78 is 17.1. The monoisotopic (exact) mass is 475 g/mol. The van der Waals surface area contributed by atoms with Gasteiger partial charge < -0.3 is 10.4 Å². The van der Waals surface area contributed by atoms with Gasteiger partial charge in [0.15, 0.2) is 11.5 Å².